The highest BCUT2D eigenvalue weighted by molar-refractivity contribution is 7.89. The summed E-state index contributed by atoms with van der Waals surface area (Å²) >= 11 is 2.91. The predicted molar refractivity (Wildman–Crippen MR) is 119 cm³/mol. The Morgan fingerprint density at radius 2 is 1.79 bits per heavy atom. The molecule has 2 heterocycles. The number of rotatable bonds is 9. The lowest BCUT2D eigenvalue weighted by atomic mass is 10.2. The minimum Gasteiger partial charge on any atom is -0.298 e. The van der Waals surface area contributed by atoms with Crippen LogP contribution in [0.3, 0.4) is 0 Å². The van der Waals surface area contributed by atoms with E-state index in [0.717, 1.165) is 10.6 Å². The third-order valence-electron chi connectivity index (χ3n) is 3.92. The molecular formula is C20H19N3O3S3. The molecule has 0 bridgehead atoms. The lowest BCUT2D eigenvalue weighted by Crippen LogP contribution is -2.31. The Bertz CT molecular complexity index is 1090. The van der Waals surface area contributed by atoms with Crippen LogP contribution in [0.15, 0.2) is 77.4 Å². The van der Waals surface area contributed by atoms with Crippen LogP contribution in [-0.2, 0) is 10.0 Å². The Morgan fingerprint density at radius 1 is 1.10 bits per heavy atom. The Morgan fingerprint density at radius 3 is 2.38 bits per heavy atom. The van der Waals surface area contributed by atoms with Crippen molar-refractivity contribution >= 4 is 43.7 Å². The molecule has 9 heteroatoms. The molecule has 3 aromatic rings. The van der Waals surface area contributed by atoms with E-state index in [1.54, 1.807) is 11.3 Å². The fourth-order valence-corrected chi connectivity index (χ4v) is 5.37. The first-order valence-electron chi connectivity index (χ1n) is 8.58. The van der Waals surface area contributed by atoms with Gasteiger partial charge < -0.3 is 0 Å². The van der Waals surface area contributed by atoms with E-state index < -0.39 is 10.0 Å². The number of amides is 1. The van der Waals surface area contributed by atoms with Gasteiger partial charge in [0, 0.05) is 24.0 Å². The molecule has 0 saturated heterocycles. The first kappa shape index (κ1) is 21.1. The largest absolute Gasteiger partial charge is 0.298 e. The Balaban J connectivity index is 1.73. The summed E-state index contributed by atoms with van der Waals surface area (Å²) in [5.74, 6) is -0.352. The van der Waals surface area contributed by atoms with E-state index in [2.05, 4.69) is 23.5 Å². The molecule has 1 N–H and O–H groups in total. The summed E-state index contributed by atoms with van der Waals surface area (Å²) in [6.07, 6.45) is 3.03. The predicted octanol–water partition coefficient (Wildman–Crippen LogP) is 4.49. The van der Waals surface area contributed by atoms with Crippen molar-refractivity contribution in [2.75, 3.05) is 18.4 Å². The Labute approximate surface area is 177 Å². The maximum atomic E-state index is 12.7. The van der Waals surface area contributed by atoms with Crippen molar-refractivity contribution in [2.24, 2.45) is 0 Å². The number of thiazole rings is 1. The molecule has 1 amide bonds. The molecule has 2 aromatic heterocycles. The van der Waals surface area contributed by atoms with Gasteiger partial charge in [0.1, 0.15) is 0 Å². The van der Waals surface area contributed by atoms with Gasteiger partial charge >= 0.3 is 0 Å². The van der Waals surface area contributed by atoms with Crippen LogP contribution in [0, 0.1) is 0 Å². The fraction of sp³-hybridized carbons (Fsp3) is 0.100. The number of sulfonamides is 1. The highest BCUT2D eigenvalue weighted by atomic mass is 32.2. The SMILES string of the molecule is C=CCN(CC=C)S(=O)(=O)c1ccc(C(=O)Nc2nc(-c3cccs3)cs2)cc1. The van der Waals surface area contributed by atoms with Crippen LogP contribution < -0.4 is 5.32 Å². The molecule has 3 rings (SSSR count). The second kappa shape index (κ2) is 9.27. The van der Waals surface area contributed by atoms with Gasteiger partial charge in [0.15, 0.2) is 5.13 Å². The lowest BCUT2D eigenvalue weighted by molar-refractivity contribution is 0.102. The number of carbonyl (C=O) groups excluding carboxylic acids is 1. The molecule has 6 nitrogen and oxygen atoms in total. The minimum absolute atomic E-state index is 0.104. The Kier molecular flexibility index (Phi) is 6.75. The number of thiophene rings is 1. The highest BCUT2D eigenvalue weighted by Crippen LogP contribution is 2.28. The van der Waals surface area contributed by atoms with Crippen LogP contribution in [0.4, 0.5) is 5.13 Å². The molecule has 0 aliphatic carbocycles. The van der Waals surface area contributed by atoms with E-state index in [0.29, 0.717) is 10.7 Å². The quantitative estimate of drug-likeness (QED) is 0.492. The second-order valence-electron chi connectivity index (χ2n) is 5.89. The summed E-state index contributed by atoms with van der Waals surface area (Å²) < 4.78 is 26.7. The van der Waals surface area contributed by atoms with Crippen molar-refractivity contribution in [3.05, 3.63) is 78.0 Å². The monoisotopic (exact) mass is 445 g/mol. The van der Waals surface area contributed by atoms with Gasteiger partial charge in [-0.3, -0.25) is 10.1 Å². The van der Waals surface area contributed by atoms with E-state index >= 15 is 0 Å². The molecule has 0 fully saturated rings. The molecule has 0 spiro atoms. The molecule has 0 radical (unpaired) electrons. The van der Waals surface area contributed by atoms with Gasteiger partial charge in [-0.05, 0) is 35.7 Å². The van der Waals surface area contributed by atoms with E-state index in [9.17, 15) is 13.2 Å². The molecule has 0 aliphatic heterocycles. The van der Waals surface area contributed by atoms with Gasteiger partial charge in [0.2, 0.25) is 10.0 Å². The van der Waals surface area contributed by atoms with Gasteiger partial charge in [0.25, 0.3) is 5.91 Å². The smallest absolute Gasteiger partial charge is 0.257 e. The average Bonchev–Trinajstić information content (AvgIpc) is 3.39. The number of benzene rings is 1. The maximum absolute atomic E-state index is 12.7. The van der Waals surface area contributed by atoms with Crippen molar-refractivity contribution in [3.8, 4) is 10.6 Å². The molecule has 0 aliphatic rings. The van der Waals surface area contributed by atoms with Gasteiger partial charge in [-0.2, -0.15) is 4.31 Å². The topological polar surface area (TPSA) is 79.4 Å². The van der Waals surface area contributed by atoms with Crippen LogP contribution in [0.1, 0.15) is 10.4 Å². The van der Waals surface area contributed by atoms with Gasteiger partial charge in [-0.15, -0.1) is 35.8 Å². The molecule has 29 heavy (non-hydrogen) atoms. The summed E-state index contributed by atoms with van der Waals surface area (Å²) in [6, 6.07) is 9.71. The minimum atomic E-state index is -3.70. The normalized spacial score (nSPS) is 11.3. The average molecular weight is 446 g/mol. The summed E-state index contributed by atoms with van der Waals surface area (Å²) in [5, 5.41) is 7.08. The number of hydrogen-bond acceptors (Lipinski definition) is 6. The zero-order valence-corrected chi connectivity index (χ0v) is 17.9. The van der Waals surface area contributed by atoms with Crippen LogP contribution in [-0.4, -0.2) is 36.7 Å². The first-order chi connectivity index (χ1) is 14.0. The van der Waals surface area contributed by atoms with Gasteiger partial charge in [-0.1, -0.05) is 18.2 Å². The molecule has 1 aromatic carbocycles. The number of aromatic nitrogens is 1. The maximum Gasteiger partial charge on any atom is 0.257 e. The Hall–Kier alpha value is -2.59. The molecule has 0 atom stereocenters. The number of nitrogens with one attached hydrogen (secondary N) is 1. The van der Waals surface area contributed by atoms with Crippen molar-refractivity contribution in [1.82, 2.24) is 9.29 Å². The summed E-state index contributed by atoms with van der Waals surface area (Å²) in [4.78, 5) is 18.0. The zero-order chi connectivity index (χ0) is 20.9. The number of nitrogens with zero attached hydrogens (tertiary/aromatic N) is 2. The van der Waals surface area contributed by atoms with E-state index in [4.69, 9.17) is 0 Å². The molecule has 150 valence electrons. The van der Waals surface area contributed by atoms with E-state index in [1.807, 2.05) is 22.9 Å². The highest BCUT2D eigenvalue weighted by Gasteiger charge is 2.22. The van der Waals surface area contributed by atoms with Gasteiger partial charge in [-0.25, -0.2) is 13.4 Å². The van der Waals surface area contributed by atoms with Gasteiger partial charge in [0.05, 0.1) is 15.5 Å². The second-order valence-corrected chi connectivity index (χ2v) is 9.64. The number of anilines is 1. The number of carbonyl (C=O) groups is 1. The molecular weight excluding hydrogens is 426 g/mol. The van der Waals surface area contributed by atoms with E-state index in [1.165, 1.54) is 52.1 Å². The first-order valence-corrected chi connectivity index (χ1v) is 11.8. The number of hydrogen-bond donors (Lipinski definition) is 1. The third-order valence-corrected chi connectivity index (χ3v) is 7.41. The van der Waals surface area contributed by atoms with E-state index in [-0.39, 0.29) is 23.9 Å². The summed E-state index contributed by atoms with van der Waals surface area (Å²) in [5.41, 5.74) is 1.15. The fourth-order valence-electron chi connectivity index (χ4n) is 2.52. The molecule has 0 unspecified atom stereocenters. The molecule has 0 saturated carbocycles. The third kappa shape index (κ3) is 4.88. The summed E-state index contributed by atoms with van der Waals surface area (Å²) in [6.45, 7) is 7.52. The summed E-state index contributed by atoms with van der Waals surface area (Å²) in [7, 11) is -3.70. The van der Waals surface area contributed by atoms with Crippen molar-refractivity contribution in [3.63, 3.8) is 0 Å². The van der Waals surface area contributed by atoms with Crippen LogP contribution in [0.2, 0.25) is 0 Å². The van der Waals surface area contributed by atoms with Crippen molar-refractivity contribution < 1.29 is 13.2 Å². The van der Waals surface area contributed by atoms with Crippen LogP contribution >= 0.6 is 22.7 Å². The van der Waals surface area contributed by atoms with Crippen LogP contribution in [0.5, 0.6) is 0 Å². The lowest BCUT2D eigenvalue weighted by Gasteiger charge is -2.19. The van der Waals surface area contributed by atoms with Crippen LogP contribution in [0.25, 0.3) is 10.6 Å². The zero-order valence-electron chi connectivity index (χ0n) is 15.4. The van der Waals surface area contributed by atoms with Crippen molar-refractivity contribution in [1.29, 1.82) is 0 Å². The van der Waals surface area contributed by atoms with Crippen molar-refractivity contribution in [2.45, 2.75) is 4.90 Å². The standard InChI is InChI=1S/C20H19N3O3S3/c1-3-11-23(12-4-2)29(25,26)16-9-7-15(8-10-16)19(24)22-20-21-17(14-28-20)18-6-5-13-27-18/h3-10,13-14H,1-2,11-12H2,(H,21,22,24).